The zero-order valence-corrected chi connectivity index (χ0v) is 8.23. The van der Waals surface area contributed by atoms with E-state index in [0.29, 0.717) is 5.56 Å². The Morgan fingerprint density at radius 3 is 2.73 bits per heavy atom. The van der Waals surface area contributed by atoms with E-state index in [-0.39, 0.29) is 11.3 Å². The van der Waals surface area contributed by atoms with Gasteiger partial charge in [0.2, 0.25) is 0 Å². The standard InChI is InChI=1S/C12H10O3/c1-15-12(14)11-9-6-4-2-3-5-8(9)7-10(11)13/h2-7,13H,1H3. The van der Waals surface area contributed by atoms with Crippen molar-refractivity contribution in [2.24, 2.45) is 0 Å². The summed E-state index contributed by atoms with van der Waals surface area (Å²) in [5, 5.41) is 9.62. The molecule has 2 aliphatic carbocycles. The fourth-order valence-corrected chi connectivity index (χ4v) is 1.59. The molecule has 15 heavy (non-hydrogen) atoms. The number of carbonyl (C=O) groups is 1. The molecule has 0 aliphatic heterocycles. The van der Waals surface area contributed by atoms with E-state index in [1.807, 2.05) is 24.3 Å². The lowest BCUT2D eigenvalue weighted by atomic mass is 10.1. The molecule has 0 fully saturated rings. The van der Waals surface area contributed by atoms with Crippen molar-refractivity contribution in [3.8, 4) is 16.9 Å². The first kappa shape index (κ1) is 9.52. The van der Waals surface area contributed by atoms with Crippen LogP contribution in [0.4, 0.5) is 0 Å². The Labute approximate surface area is 87.3 Å². The Morgan fingerprint density at radius 2 is 2.00 bits per heavy atom. The molecule has 0 aromatic carbocycles. The van der Waals surface area contributed by atoms with Crippen molar-refractivity contribution in [1.29, 1.82) is 0 Å². The summed E-state index contributed by atoms with van der Waals surface area (Å²) in [6.07, 6.45) is 0. The van der Waals surface area contributed by atoms with Crippen LogP contribution < -0.4 is 0 Å². The molecule has 0 heterocycles. The summed E-state index contributed by atoms with van der Waals surface area (Å²) in [6.45, 7) is 0. The van der Waals surface area contributed by atoms with Crippen LogP contribution in [0.5, 0.6) is 5.75 Å². The van der Waals surface area contributed by atoms with E-state index in [1.165, 1.54) is 7.11 Å². The van der Waals surface area contributed by atoms with Crippen LogP contribution >= 0.6 is 0 Å². The molecule has 2 aliphatic rings. The number of fused-ring (bicyclic) bond motifs is 1. The fourth-order valence-electron chi connectivity index (χ4n) is 1.59. The number of esters is 1. The number of hydrogen-bond acceptors (Lipinski definition) is 3. The van der Waals surface area contributed by atoms with Gasteiger partial charge >= 0.3 is 5.97 Å². The van der Waals surface area contributed by atoms with E-state index < -0.39 is 5.97 Å². The minimum absolute atomic E-state index is 0.0388. The molecular weight excluding hydrogens is 192 g/mol. The Bertz CT molecular complexity index is 477. The molecular formula is C12H10O3. The zero-order chi connectivity index (χ0) is 10.8. The molecule has 0 amide bonds. The smallest absolute Gasteiger partial charge is 0.342 e. The van der Waals surface area contributed by atoms with E-state index in [2.05, 4.69) is 4.74 Å². The summed E-state index contributed by atoms with van der Waals surface area (Å²) in [5.74, 6) is -0.559. The minimum Gasteiger partial charge on any atom is -0.507 e. The van der Waals surface area contributed by atoms with Gasteiger partial charge in [-0.1, -0.05) is 30.3 Å². The monoisotopic (exact) mass is 202 g/mol. The van der Waals surface area contributed by atoms with Gasteiger partial charge in [-0.2, -0.15) is 0 Å². The fraction of sp³-hybridized carbons (Fsp3) is 0.0833. The van der Waals surface area contributed by atoms with Crippen molar-refractivity contribution < 1.29 is 14.6 Å². The highest BCUT2D eigenvalue weighted by Crippen LogP contribution is 2.35. The Morgan fingerprint density at radius 1 is 1.27 bits per heavy atom. The van der Waals surface area contributed by atoms with Crippen LogP contribution in [0.3, 0.4) is 0 Å². The number of aromatic hydroxyl groups is 1. The van der Waals surface area contributed by atoms with Gasteiger partial charge in [0, 0.05) is 5.56 Å². The van der Waals surface area contributed by atoms with Crippen molar-refractivity contribution in [2.45, 2.75) is 0 Å². The summed E-state index contributed by atoms with van der Waals surface area (Å²) in [5.41, 5.74) is 1.74. The van der Waals surface area contributed by atoms with Gasteiger partial charge in [-0.3, -0.25) is 0 Å². The minimum atomic E-state index is -0.520. The summed E-state index contributed by atoms with van der Waals surface area (Å²) < 4.78 is 4.62. The van der Waals surface area contributed by atoms with Crippen molar-refractivity contribution in [1.82, 2.24) is 0 Å². The molecule has 0 saturated carbocycles. The van der Waals surface area contributed by atoms with E-state index in [1.54, 1.807) is 12.1 Å². The van der Waals surface area contributed by atoms with Gasteiger partial charge < -0.3 is 9.84 Å². The Kier molecular flexibility index (Phi) is 2.29. The number of methoxy groups -OCH3 is 1. The Balaban J connectivity index is 2.68. The van der Waals surface area contributed by atoms with Gasteiger partial charge in [0.1, 0.15) is 11.3 Å². The second-order valence-electron chi connectivity index (χ2n) is 3.18. The predicted molar refractivity (Wildman–Crippen MR) is 56.1 cm³/mol. The van der Waals surface area contributed by atoms with Crippen molar-refractivity contribution in [3.63, 3.8) is 0 Å². The highest BCUT2D eigenvalue weighted by atomic mass is 16.5. The van der Waals surface area contributed by atoms with E-state index in [0.717, 1.165) is 5.56 Å². The van der Waals surface area contributed by atoms with Crippen LogP contribution in [0.15, 0.2) is 36.4 Å². The van der Waals surface area contributed by atoms with Crippen molar-refractivity contribution in [2.75, 3.05) is 7.11 Å². The molecule has 76 valence electrons. The number of ether oxygens (including phenoxy) is 1. The Hall–Kier alpha value is -2.03. The first-order valence-corrected chi connectivity index (χ1v) is 4.53. The molecule has 3 nitrogen and oxygen atoms in total. The summed E-state index contributed by atoms with van der Waals surface area (Å²) in [4.78, 5) is 11.4. The van der Waals surface area contributed by atoms with Crippen LogP contribution in [0.25, 0.3) is 11.1 Å². The molecule has 0 radical (unpaired) electrons. The molecule has 0 aromatic rings. The van der Waals surface area contributed by atoms with Gasteiger partial charge in [0.15, 0.2) is 0 Å². The highest BCUT2D eigenvalue weighted by Gasteiger charge is 2.20. The molecule has 1 N–H and O–H groups in total. The maximum absolute atomic E-state index is 11.4. The molecule has 0 atom stereocenters. The normalized spacial score (nSPS) is 10.2. The van der Waals surface area contributed by atoms with Crippen molar-refractivity contribution >= 4 is 5.97 Å². The second-order valence-corrected chi connectivity index (χ2v) is 3.18. The third-order valence-electron chi connectivity index (χ3n) is 2.28. The van der Waals surface area contributed by atoms with Crippen molar-refractivity contribution in [3.05, 3.63) is 42.0 Å². The third kappa shape index (κ3) is 1.52. The van der Waals surface area contributed by atoms with Gasteiger partial charge in [0.05, 0.1) is 7.11 Å². The topological polar surface area (TPSA) is 46.5 Å². The second kappa shape index (κ2) is 3.61. The molecule has 3 heteroatoms. The summed E-state index contributed by atoms with van der Waals surface area (Å²) >= 11 is 0. The lowest BCUT2D eigenvalue weighted by Crippen LogP contribution is -2.00. The van der Waals surface area contributed by atoms with E-state index in [9.17, 15) is 9.90 Å². The first-order valence-electron chi connectivity index (χ1n) is 4.53. The number of hydrogen-bond donors (Lipinski definition) is 1. The van der Waals surface area contributed by atoms with Gasteiger partial charge in [-0.15, -0.1) is 0 Å². The van der Waals surface area contributed by atoms with Crippen LogP contribution in [0.2, 0.25) is 0 Å². The lowest BCUT2D eigenvalue weighted by molar-refractivity contribution is 0.0599. The quantitative estimate of drug-likeness (QED) is 0.721. The molecule has 0 spiro atoms. The maximum Gasteiger partial charge on any atom is 0.342 e. The van der Waals surface area contributed by atoms with Gasteiger partial charge in [-0.05, 0) is 11.6 Å². The van der Waals surface area contributed by atoms with E-state index in [4.69, 9.17) is 0 Å². The van der Waals surface area contributed by atoms with Crippen LogP contribution in [-0.2, 0) is 4.74 Å². The lowest BCUT2D eigenvalue weighted by Gasteiger charge is -1.99. The summed E-state index contributed by atoms with van der Waals surface area (Å²) in [6, 6.07) is 10.7. The van der Waals surface area contributed by atoms with E-state index >= 15 is 0 Å². The number of carbonyl (C=O) groups excluding carboxylic acids is 1. The predicted octanol–water partition coefficient (Wildman–Crippen LogP) is 2.28. The number of rotatable bonds is 1. The third-order valence-corrected chi connectivity index (χ3v) is 2.28. The largest absolute Gasteiger partial charge is 0.507 e. The van der Waals surface area contributed by atoms with Crippen LogP contribution in [0.1, 0.15) is 10.4 Å². The SMILES string of the molecule is COC(=O)c1c(O)cc2cccccc1-2. The molecule has 2 rings (SSSR count). The molecule has 0 saturated heterocycles. The average molecular weight is 202 g/mol. The zero-order valence-electron chi connectivity index (χ0n) is 8.23. The molecule has 0 unspecified atom stereocenters. The first-order chi connectivity index (χ1) is 7.24. The molecule has 0 aromatic heterocycles. The summed E-state index contributed by atoms with van der Waals surface area (Å²) in [7, 11) is 1.30. The van der Waals surface area contributed by atoms with Crippen LogP contribution in [-0.4, -0.2) is 18.2 Å². The van der Waals surface area contributed by atoms with Gasteiger partial charge in [-0.25, -0.2) is 4.79 Å². The van der Waals surface area contributed by atoms with Gasteiger partial charge in [0.25, 0.3) is 0 Å². The maximum atomic E-state index is 11.4. The molecule has 0 bridgehead atoms. The highest BCUT2D eigenvalue weighted by molar-refractivity contribution is 6.02. The van der Waals surface area contributed by atoms with Crippen LogP contribution in [0, 0.1) is 0 Å². The average Bonchev–Trinajstić information content (AvgIpc) is 2.40.